The largest absolute Gasteiger partial charge is 0.497 e. The molecule has 12 nitrogen and oxygen atoms in total. The molecular weight excluding hydrogens is 650 g/mol. The van der Waals surface area contributed by atoms with Gasteiger partial charge in [0, 0.05) is 17.8 Å². The van der Waals surface area contributed by atoms with Crippen molar-refractivity contribution in [2.24, 2.45) is 0 Å². The second kappa shape index (κ2) is 12.8. The number of nitrogens with zero attached hydrogens (tertiary/aromatic N) is 4. The fourth-order valence-corrected chi connectivity index (χ4v) is 7.02. The lowest BCUT2D eigenvalue weighted by Crippen LogP contribution is -2.52. The lowest BCUT2D eigenvalue weighted by Gasteiger charge is -2.41. The molecule has 4 atom stereocenters. The van der Waals surface area contributed by atoms with Gasteiger partial charge in [0.15, 0.2) is 6.23 Å². The van der Waals surface area contributed by atoms with Crippen molar-refractivity contribution >= 4 is 17.4 Å². The summed E-state index contributed by atoms with van der Waals surface area (Å²) in [5, 5.41) is 12.3. The van der Waals surface area contributed by atoms with Crippen LogP contribution in [0.5, 0.6) is 11.5 Å². The fourth-order valence-electron chi connectivity index (χ4n) is 6.88. The van der Waals surface area contributed by atoms with E-state index in [1.165, 1.54) is 17.1 Å². The lowest BCUT2D eigenvalue weighted by molar-refractivity contribution is -0.159. The van der Waals surface area contributed by atoms with Gasteiger partial charge in [-0.05, 0) is 47.9 Å². The van der Waals surface area contributed by atoms with E-state index in [9.17, 15) is 14.7 Å². The molecule has 0 amide bonds. The van der Waals surface area contributed by atoms with Crippen LogP contribution >= 0.6 is 11.6 Å². The number of H-pyrrole nitrogens is 1. The SMILES string of the molecule is COc1ccc(C(OC[C@@]23CN(c4cc(Cl)ncn4)[C@@H]([C@H](n4cc(C)c(=O)[nH]c4=O)O2)[C@@H]3O)(c2ccccc2)c2ccc(OC)cc2)cc1. The standard InChI is InChI=1S/C36H34ClN5O7/c1-22-18-41(34(45)40-32(22)44)33-30-31(43)35(49-33,19-42(30)29-17-28(37)38-21-39-29)20-48-36(23-7-5-4-6-8-23,24-9-13-26(46-2)14-10-24)25-11-15-27(47-3)16-12-25/h4-18,21,30-31,33,43H,19-20H2,1-3H3,(H,40,44,45)/t30-,31+,33-,35-/m1/s1. The van der Waals surface area contributed by atoms with Crippen molar-refractivity contribution in [2.45, 2.75) is 36.5 Å². The molecule has 252 valence electrons. The minimum absolute atomic E-state index is 0.124. The highest BCUT2D eigenvalue weighted by atomic mass is 35.5. The van der Waals surface area contributed by atoms with Crippen LogP contribution in [0.25, 0.3) is 0 Å². The molecule has 2 fully saturated rings. The van der Waals surface area contributed by atoms with E-state index >= 15 is 0 Å². The van der Waals surface area contributed by atoms with Crippen LogP contribution in [-0.4, -0.2) is 69.7 Å². The number of aromatic nitrogens is 4. The number of fused-ring (bicyclic) bond motifs is 2. The van der Waals surface area contributed by atoms with Crippen molar-refractivity contribution in [2.75, 3.05) is 32.3 Å². The molecule has 5 aromatic rings. The van der Waals surface area contributed by atoms with Gasteiger partial charge in [0.2, 0.25) is 0 Å². The molecule has 2 saturated heterocycles. The highest BCUT2D eigenvalue weighted by Gasteiger charge is 2.65. The average Bonchev–Trinajstić information content (AvgIpc) is 3.57. The van der Waals surface area contributed by atoms with Gasteiger partial charge in [-0.25, -0.2) is 14.8 Å². The summed E-state index contributed by atoms with van der Waals surface area (Å²) >= 11 is 6.27. The molecule has 49 heavy (non-hydrogen) atoms. The minimum Gasteiger partial charge on any atom is -0.497 e. The third-order valence-corrected chi connectivity index (χ3v) is 9.55. The molecule has 13 heteroatoms. The van der Waals surface area contributed by atoms with Gasteiger partial charge in [0.1, 0.15) is 52.1 Å². The number of ether oxygens (including phenoxy) is 4. The van der Waals surface area contributed by atoms with Crippen molar-refractivity contribution < 1.29 is 24.1 Å². The normalized spacial score (nSPS) is 21.6. The number of rotatable bonds is 10. The van der Waals surface area contributed by atoms with E-state index in [-0.39, 0.29) is 18.3 Å². The summed E-state index contributed by atoms with van der Waals surface area (Å²) in [5.74, 6) is 1.79. The molecule has 0 unspecified atom stereocenters. The first-order chi connectivity index (χ1) is 23.7. The Hall–Kier alpha value is -5.01. The monoisotopic (exact) mass is 683 g/mol. The maximum absolute atomic E-state index is 13.2. The number of aromatic amines is 1. The number of anilines is 1. The average molecular weight is 684 g/mol. The second-order valence-corrected chi connectivity index (χ2v) is 12.5. The summed E-state index contributed by atoms with van der Waals surface area (Å²) < 4.78 is 26.1. The zero-order valence-electron chi connectivity index (χ0n) is 26.9. The van der Waals surface area contributed by atoms with Gasteiger partial charge in [-0.1, -0.05) is 66.2 Å². The van der Waals surface area contributed by atoms with E-state index in [1.54, 1.807) is 27.2 Å². The first-order valence-electron chi connectivity index (χ1n) is 15.6. The van der Waals surface area contributed by atoms with E-state index in [4.69, 9.17) is 30.5 Å². The molecule has 2 aliphatic heterocycles. The predicted octanol–water partition coefficient (Wildman–Crippen LogP) is 3.83. The highest BCUT2D eigenvalue weighted by molar-refractivity contribution is 6.29. The molecule has 2 aromatic heterocycles. The van der Waals surface area contributed by atoms with Crippen LogP contribution < -0.4 is 25.6 Å². The van der Waals surface area contributed by atoms with Crippen LogP contribution in [0.15, 0.2) is 107 Å². The van der Waals surface area contributed by atoms with E-state index in [1.807, 2.05) is 83.8 Å². The number of hydrogen-bond acceptors (Lipinski definition) is 10. The summed E-state index contributed by atoms with van der Waals surface area (Å²) in [6.45, 7) is 1.62. The first-order valence-corrected chi connectivity index (χ1v) is 16.0. The molecule has 3 aromatic carbocycles. The van der Waals surface area contributed by atoms with E-state index in [2.05, 4.69) is 15.0 Å². The van der Waals surface area contributed by atoms with Gasteiger partial charge >= 0.3 is 5.69 Å². The Bertz CT molecular complexity index is 2030. The van der Waals surface area contributed by atoms with Gasteiger partial charge in [-0.2, -0.15) is 0 Å². The number of morpholine rings is 1. The van der Waals surface area contributed by atoms with Crippen molar-refractivity contribution in [1.29, 1.82) is 0 Å². The third kappa shape index (κ3) is 5.56. The molecule has 4 heterocycles. The number of nitrogens with one attached hydrogen (secondary N) is 1. The van der Waals surface area contributed by atoms with Crippen LogP contribution in [0.2, 0.25) is 5.15 Å². The van der Waals surface area contributed by atoms with Gasteiger partial charge in [-0.3, -0.25) is 14.3 Å². The summed E-state index contributed by atoms with van der Waals surface area (Å²) in [5.41, 5.74) is -1.02. The number of methoxy groups -OCH3 is 2. The zero-order valence-corrected chi connectivity index (χ0v) is 27.7. The Morgan fingerprint density at radius 2 is 1.57 bits per heavy atom. The van der Waals surface area contributed by atoms with E-state index in [0.717, 1.165) is 16.7 Å². The third-order valence-electron chi connectivity index (χ3n) is 9.35. The number of benzene rings is 3. The number of halogens is 1. The summed E-state index contributed by atoms with van der Waals surface area (Å²) in [6.07, 6.45) is 0.587. The van der Waals surface area contributed by atoms with E-state index < -0.39 is 40.8 Å². The summed E-state index contributed by atoms with van der Waals surface area (Å²) in [7, 11) is 3.21. The molecule has 0 aliphatic carbocycles. The van der Waals surface area contributed by atoms with Crippen LogP contribution in [0.3, 0.4) is 0 Å². The fraction of sp³-hybridized carbons (Fsp3) is 0.278. The quantitative estimate of drug-likeness (QED) is 0.165. The molecule has 2 bridgehead atoms. The molecule has 2 aliphatic rings. The van der Waals surface area contributed by atoms with Crippen molar-refractivity contribution in [3.63, 3.8) is 0 Å². The molecular formula is C36H34ClN5O7. The Morgan fingerprint density at radius 1 is 0.959 bits per heavy atom. The maximum Gasteiger partial charge on any atom is 0.330 e. The molecule has 0 spiro atoms. The smallest absolute Gasteiger partial charge is 0.330 e. The number of hydrogen-bond donors (Lipinski definition) is 2. The van der Waals surface area contributed by atoms with Gasteiger partial charge < -0.3 is 29.0 Å². The maximum atomic E-state index is 13.2. The van der Waals surface area contributed by atoms with Crippen molar-refractivity contribution in [3.8, 4) is 11.5 Å². The Kier molecular flexibility index (Phi) is 8.49. The first kappa shape index (κ1) is 32.5. The van der Waals surface area contributed by atoms with Crippen molar-refractivity contribution in [3.05, 3.63) is 146 Å². The Morgan fingerprint density at radius 3 is 2.16 bits per heavy atom. The highest BCUT2D eigenvalue weighted by Crippen LogP contribution is 2.50. The molecule has 2 N–H and O–H groups in total. The summed E-state index contributed by atoms with van der Waals surface area (Å²) in [6, 6.07) is 25.8. The van der Waals surface area contributed by atoms with Gasteiger partial charge in [0.25, 0.3) is 5.56 Å². The van der Waals surface area contributed by atoms with Crippen LogP contribution in [-0.2, 0) is 15.1 Å². The molecule has 0 saturated carbocycles. The van der Waals surface area contributed by atoms with E-state index in [0.29, 0.717) is 22.9 Å². The van der Waals surface area contributed by atoms with Crippen LogP contribution in [0.1, 0.15) is 28.5 Å². The lowest BCUT2D eigenvalue weighted by atomic mass is 9.79. The van der Waals surface area contributed by atoms with Crippen molar-refractivity contribution in [1.82, 2.24) is 19.5 Å². The number of aryl methyl sites for hydroxylation is 1. The topological polar surface area (TPSA) is 141 Å². The Labute approximate surface area is 286 Å². The van der Waals surface area contributed by atoms with Crippen LogP contribution in [0, 0.1) is 6.92 Å². The zero-order chi connectivity index (χ0) is 34.3. The number of aliphatic hydroxyl groups is 1. The predicted molar refractivity (Wildman–Crippen MR) is 181 cm³/mol. The molecule has 7 rings (SSSR count). The minimum atomic E-state index is -1.37. The van der Waals surface area contributed by atoms with Crippen LogP contribution in [0.4, 0.5) is 5.82 Å². The van der Waals surface area contributed by atoms with Gasteiger partial charge in [0.05, 0.1) is 27.4 Å². The molecule has 0 radical (unpaired) electrons. The Balaban J connectivity index is 1.37. The second-order valence-electron chi connectivity index (χ2n) is 12.1. The summed E-state index contributed by atoms with van der Waals surface area (Å²) in [4.78, 5) is 38.1. The number of aliphatic hydroxyl groups excluding tert-OH is 1. The van der Waals surface area contributed by atoms with Gasteiger partial charge in [-0.15, -0.1) is 0 Å².